The van der Waals surface area contributed by atoms with Crippen molar-refractivity contribution >= 4 is 15.8 Å². The third-order valence-electron chi connectivity index (χ3n) is 3.54. The third-order valence-corrected chi connectivity index (χ3v) is 4.66. The zero-order valence-electron chi connectivity index (χ0n) is 10.7. The van der Waals surface area contributed by atoms with Crippen LogP contribution in [0.25, 0.3) is 0 Å². The van der Waals surface area contributed by atoms with E-state index in [1.807, 2.05) is 0 Å². The van der Waals surface area contributed by atoms with Gasteiger partial charge >= 0.3 is 5.97 Å². The smallest absolute Gasteiger partial charge is 0.308 e. The van der Waals surface area contributed by atoms with E-state index in [0.29, 0.717) is 6.54 Å². The molecule has 0 amide bonds. The normalized spacial score (nSPS) is 24.1. The van der Waals surface area contributed by atoms with Crippen LogP contribution >= 0.6 is 0 Å². The number of aliphatic carboxylic acids is 1. The van der Waals surface area contributed by atoms with Gasteiger partial charge in [-0.2, -0.15) is 0 Å². The average molecular weight is 283 g/mol. The Morgan fingerprint density at radius 3 is 2.47 bits per heavy atom. The van der Waals surface area contributed by atoms with Crippen LogP contribution < -0.4 is 5.32 Å². The molecule has 2 rings (SSSR count). The van der Waals surface area contributed by atoms with Gasteiger partial charge in [0.05, 0.1) is 10.8 Å². The van der Waals surface area contributed by atoms with Crippen molar-refractivity contribution in [2.45, 2.75) is 17.2 Å². The number of carboxylic acids is 1. The largest absolute Gasteiger partial charge is 0.481 e. The molecule has 1 aliphatic rings. The maximum absolute atomic E-state index is 11.4. The zero-order valence-corrected chi connectivity index (χ0v) is 11.5. The first-order valence-electron chi connectivity index (χ1n) is 6.13. The van der Waals surface area contributed by atoms with Crippen LogP contribution in [0.4, 0.5) is 0 Å². The predicted molar refractivity (Wildman–Crippen MR) is 70.9 cm³/mol. The molecule has 2 N–H and O–H groups in total. The predicted octanol–water partition coefficient (Wildman–Crippen LogP) is 0.868. The van der Waals surface area contributed by atoms with Crippen LogP contribution in [0.2, 0.25) is 0 Å². The summed E-state index contributed by atoms with van der Waals surface area (Å²) in [4.78, 5) is 11.5. The van der Waals surface area contributed by atoms with Crippen LogP contribution in [0.3, 0.4) is 0 Å². The molecule has 0 bridgehead atoms. The Kier molecular flexibility index (Phi) is 3.91. The molecular weight excluding hydrogens is 266 g/mol. The number of sulfone groups is 1. The molecule has 104 valence electrons. The van der Waals surface area contributed by atoms with Gasteiger partial charge < -0.3 is 10.4 Å². The number of hydrogen-bond acceptors (Lipinski definition) is 4. The number of carbonyl (C=O) groups is 1. The minimum Gasteiger partial charge on any atom is -0.481 e. The van der Waals surface area contributed by atoms with E-state index in [1.54, 1.807) is 24.3 Å². The second-order valence-electron chi connectivity index (χ2n) is 4.89. The van der Waals surface area contributed by atoms with E-state index in [2.05, 4.69) is 5.32 Å². The van der Waals surface area contributed by atoms with Crippen molar-refractivity contribution in [3.8, 4) is 0 Å². The van der Waals surface area contributed by atoms with Crippen molar-refractivity contribution < 1.29 is 18.3 Å². The molecule has 2 atom stereocenters. The second-order valence-corrected chi connectivity index (χ2v) is 6.90. The summed E-state index contributed by atoms with van der Waals surface area (Å²) >= 11 is 0. The minimum absolute atomic E-state index is 0.0626. The number of piperidine rings is 1. The summed E-state index contributed by atoms with van der Waals surface area (Å²) in [5.41, 5.74) is 0.890. The van der Waals surface area contributed by atoms with Crippen molar-refractivity contribution in [3.63, 3.8) is 0 Å². The fourth-order valence-corrected chi connectivity index (χ4v) is 3.11. The van der Waals surface area contributed by atoms with Crippen molar-refractivity contribution in [2.24, 2.45) is 5.92 Å². The van der Waals surface area contributed by atoms with Crippen LogP contribution in [0, 0.1) is 5.92 Å². The van der Waals surface area contributed by atoms with Gasteiger partial charge in [0.25, 0.3) is 0 Å². The van der Waals surface area contributed by atoms with Crippen molar-refractivity contribution in [1.29, 1.82) is 0 Å². The highest BCUT2D eigenvalue weighted by Gasteiger charge is 2.31. The van der Waals surface area contributed by atoms with Gasteiger partial charge in [0.2, 0.25) is 0 Å². The van der Waals surface area contributed by atoms with E-state index in [1.165, 1.54) is 0 Å². The number of nitrogens with one attached hydrogen (secondary N) is 1. The van der Waals surface area contributed by atoms with E-state index in [4.69, 9.17) is 0 Å². The highest BCUT2D eigenvalue weighted by Crippen LogP contribution is 2.31. The molecule has 0 radical (unpaired) electrons. The number of hydrogen-bond donors (Lipinski definition) is 2. The Hall–Kier alpha value is -1.40. The lowest BCUT2D eigenvalue weighted by atomic mass is 9.81. The molecule has 1 fully saturated rings. The molecule has 1 aliphatic heterocycles. The molecule has 6 heteroatoms. The summed E-state index contributed by atoms with van der Waals surface area (Å²) in [5.74, 6) is -1.34. The molecule has 1 heterocycles. The molecule has 0 aliphatic carbocycles. The van der Waals surface area contributed by atoms with Gasteiger partial charge in [0, 0.05) is 12.8 Å². The monoisotopic (exact) mass is 283 g/mol. The Balaban J connectivity index is 2.28. The van der Waals surface area contributed by atoms with E-state index >= 15 is 0 Å². The van der Waals surface area contributed by atoms with Crippen LogP contribution in [-0.2, 0) is 14.6 Å². The molecule has 0 saturated carbocycles. The third kappa shape index (κ3) is 3.13. The molecular formula is C13H17NO4S. The molecule has 1 saturated heterocycles. The molecule has 0 spiro atoms. The summed E-state index contributed by atoms with van der Waals surface area (Å²) < 4.78 is 22.8. The maximum Gasteiger partial charge on any atom is 0.308 e. The lowest BCUT2D eigenvalue weighted by Gasteiger charge is -2.29. The Labute approximate surface area is 112 Å². The van der Waals surface area contributed by atoms with Gasteiger partial charge in [-0.1, -0.05) is 12.1 Å². The van der Waals surface area contributed by atoms with E-state index < -0.39 is 21.7 Å². The van der Waals surface area contributed by atoms with Gasteiger partial charge in [0.15, 0.2) is 9.84 Å². The van der Waals surface area contributed by atoms with E-state index in [0.717, 1.165) is 24.8 Å². The summed E-state index contributed by atoms with van der Waals surface area (Å²) in [6, 6.07) is 6.54. The Morgan fingerprint density at radius 1 is 1.32 bits per heavy atom. The number of benzene rings is 1. The van der Waals surface area contributed by atoms with Gasteiger partial charge in [-0.3, -0.25) is 4.79 Å². The topological polar surface area (TPSA) is 83.5 Å². The van der Waals surface area contributed by atoms with Crippen LogP contribution in [-0.4, -0.2) is 38.8 Å². The lowest BCUT2D eigenvalue weighted by molar-refractivity contribution is -0.142. The first-order chi connectivity index (χ1) is 8.89. The standard InChI is InChI=1S/C13H17NO4S/c1-19(17,18)10-4-2-9(3-5-10)11-6-7-14-8-12(11)13(15)16/h2-5,11-12,14H,6-8H2,1H3,(H,15,16). The maximum atomic E-state index is 11.4. The van der Waals surface area contributed by atoms with Crippen LogP contribution in [0.5, 0.6) is 0 Å². The second kappa shape index (κ2) is 5.30. The van der Waals surface area contributed by atoms with E-state index in [-0.39, 0.29) is 10.8 Å². The van der Waals surface area contributed by atoms with Crippen LogP contribution in [0.15, 0.2) is 29.2 Å². The van der Waals surface area contributed by atoms with Gasteiger partial charge in [-0.15, -0.1) is 0 Å². The average Bonchev–Trinajstić information content (AvgIpc) is 2.38. The quantitative estimate of drug-likeness (QED) is 0.860. The molecule has 5 nitrogen and oxygen atoms in total. The van der Waals surface area contributed by atoms with Crippen molar-refractivity contribution in [3.05, 3.63) is 29.8 Å². The summed E-state index contributed by atoms with van der Waals surface area (Å²) in [7, 11) is -3.21. The highest BCUT2D eigenvalue weighted by atomic mass is 32.2. The lowest BCUT2D eigenvalue weighted by Crippen LogP contribution is -2.39. The molecule has 1 aromatic carbocycles. The van der Waals surface area contributed by atoms with Gasteiger partial charge in [-0.25, -0.2) is 8.42 Å². The molecule has 1 aromatic rings. The Bertz CT molecular complexity index is 565. The minimum atomic E-state index is -3.21. The first-order valence-corrected chi connectivity index (χ1v) is 8.02. The molecule has 19 heavy (non-hydrogen) atoms. The van der Waals surface area contributed by atoms with Gasteiger partial charge in [-0.05, 0) is 36.6 Å². The SMILES string of the molecule is CS(=O)(=O)c1ccc(C2CCNCC2C(=O)O)cc1. The molecule has 0 aromatic heterocycles. The number of rotatable bonds is 3. The van der Waals surface area contributed by atoms with Gasteiger partial charge in [0.1, 0.15) is 0 Å². The fraction of sp³-hybridized carbons (Fsp3) is 0.462. The van der Waals surface area contributed by atoms with Crippen LogP contribution in [0.1, 0.15) is 17.9 Å². The first kappa shape index (κ1) is 14.0. The number of carboxylic acid groups (broad SMARTS) is 1. The summed E-state index contributed by atoms with van der Waals surface area (Å²) in [6.45, 7) is 1.23. The van der Waals surface area contributed by atoms with Crippen molar-refractivity contribution in [1.82, 2.24) is 5.32 Å². The summed E-state index contributed by atoms with van der Waals surface area (Å²) in [6.07, 6.45) is 1.90. The Morgan fingerprint density at radius 2 is 1.95 bits per heavy atom. The van der Waals surface area contributed by atoms with Crippen molar-refractivity contribution in [2.75, 3.05) is 19.3 Å². The fourth-order valence-electron chi connectivity index (χ4n) is 2.48. The highest BCUT2D eigenvalue weighted by molar-refractivity contribution is 7.90. The zero-order chi connectivity index (χ0) is 14.0. The van der Waals surface area contributed by atoms with E-state index in [9.17, 15) is 18.3 Å². The summed E-state index contributed by atoms with van der Waals surface area (Å²) in [5, 5.41) is 12.3. The molecule has 2 unspecified atom stereocenters.